The van der Waals surface area contributed by atoms with Crippen LogP contribution in [0.5, 0.6) is 34.5 Å². The van der Waals surface area contributed by atoms with Crippen molar-refractivity contribution in [2.75, 3.05) is 123 Å². The molecule has 5 saturated heterocycles. The molecule has 0 spiro atoms. The van der Waals surface area contributed by atoms with Crippen LogP contribution in [-0.2, 0) is 25.9 Å². The number of nitro groups is 1. The van der Waals surface area contributed by atoms with E-state index in [4.69, 9.17) is 98.7 Å². The molecule has 0 unspecified atom stereocenters. The van der Waals surface area contributed by atoms with Crippen LogP contribution in [0.1, 0.15) is 61.2 Å². The maximum absolute atomic E-state index is 13.1. The first-order valence-corrected chi connectivity index (χ1v) is 54.5. The molecule has 0 aliphatic carbocycles. The third-order valence-corrected chi connectivity index (χ3v) is 33.6. The van der Waals surface area contributed by atoms with Crippen molar-refractivity contribution in [2.45, 2.75) is 91.8 Å². The van der Waals surface area contributed by atoms with Gasteiger partial charge >= 0.3 is 6.18 Å². The van der Waals surface area contributed by atoms with Gasteiger partial charge in [0.1, 0.15) is 34.5 Å². The number of sulfone groups is 2. The van der Waals surface area contributed by atoms with Gasteiger partial charge in [0.15, 0.2) is 19.7 Å². The number of hydrogen-bond donors (Lipinski definition) is 0. The summed E-state index contributed by atoms with van der Waals surface area (Å²) in [7, 11) is -5.96. The second-order valence-corrected chi connectivity index (χ2v) is 47.0. The largest absolute Gasteiger partial charge is 0.456 e. The van der Waals surface area contributed by atoms with Gasteiger partial charge in [-0.3, -0.25) is 10.1 Å². The Morgan fingerprint density at radius 1 is 0.348 bits per heavy atom. The number of benzene rings is 10. The first-order valence-electron chi connectivity index (χ1n) is 40.7. The Hall–Kier alpha value is -9.18. The maximum Gasteiger partial charge on any atom is 0.416 e. The predicted octanol–water partition coefficient (Wildman–Crippen LogP) is 25.3. The highest BCUT2D eigenvalue weighted by Crippen LogP contribution is 2.46. The molecule has 0 atom stereocenters. The standard InChI is InChI=1S/C19H17F3N2O2S3.C19H20N2OS2.C18H17ClN2O3S2.C18H17ClN2OS2.C17H17ClN2O2S3.5O2/c1-13-8-15(19(20,21)22)11-16(9-13)27-17-3-2-14(12-23)10-18(17)28-24-4-6-29(25,26)7-5-24;1-14-9-15(2)11-17(10-14)22-18-4-3-16(13-20)12-19(18)24-21-5-7-23-8-6-21;1-13-8-15(19)11-16(9-13)24-17-3-2-14(12-20)10-18(17)25-21-4-6-26(22,23)7-5-21;1-13-8-15(19)11-16(9-13)22-17-3-2-14(12-20)10-18(17)24-21-4-6-23-7-5-21;1-12-8-13(18)10-15(9-12)24-16-3-2-14(20(21)22)11-17(16)25-19-4-6-23-7-5-19;5*1-2/h2-3,8-11H,4-7H2,1H3;3-4,9-12H,5-8H2,1-2H3;2-3,8-11H,4-7H2,1H3;2-3,8-11H,4-7H2,1H3;2-3,8-11H,4-7H2,1H3;;;;;. The Morgan fingerprint density at radius 3 is 0.949 bits per heavy atom. The highest BCUT2D eigenvalue weighted by molar-refractivity contribution is 8.02. The highest BCUT2D eigenvalue weighted by atomic mass is 35.5. The van der Waals surface area contributed by atoms with E-state index in [9.17, 15) is 61.2 Å². The Kier molecular flexibility index (Phi) is 51.8. The molecule has 5 heterocycles. The molecule has 138 heavy (non-hydrogen) atoms. The third-order valence-electron chi connectivity index (χ3n) is 18.8. The summed E-state index contributed by atoms with van der Waals surface area (Å²) in [5, 5.41) is 49.9. The third kappa shape index (κ3) is 40.8. The molecule has 10 aromatic rings. The molecule has 29 nitrogen and oxygen atoms in total. The fourth-order valence-corrected chi connectivity index (χ4v) is 27.4. The van der Waals surface area contributed by atoms with Gasteiger partial charge in [0.05, 0.1) is 94.7 Å². The molecule has 0 radical (unpaired) electrons. The second-order valence-electron chi connectivity index (χ2n) is 29.5. The quantitative estimate of drug-likeness (QED) is 0.0366. The topological polar surface area (TPSA) is 421 Å². The summed E-state index contributed by atoms with van der Waals surface area (Å²) < 4.78 is 115. The fraction of sp³-hybridized carbons (Fsp3) is 0.297. The summed E-state index contributed by atoms with van der Waals surface area (Å²) in [6, 6.07) is 62.2. The van der Waals surface area contributed by atoms with Crippen molar-refractivity contribution in [3.8, 4) is 58.8 Å². The lowest BCUT2D eigenvalue weighted by Gasteiger charge is -2.26. The normalized spacial score (nSPS) is 14.9. The Bertz CT molecular complexity index is 5910. The van der Waals surface area contributed by atoms with E-state index in [1.54, 1.807) is 127 Å². The summed E-state index contributed by atoms with van der Waals surface area (Å²) in [4.78, 5) is 88.4. The van der Waals surface area contributed by atoms with Crippen molar-refractivity contribution in [3.05, 3.63) is 318 Å². The average Bonchev–Trinajstić information content (AvgIpc) is 0.819. The Morgan fingerprint density at radius 2 is 0.623 bits per heavy atom. The number of nitro benzene ring substituents is 1. The van der Waals surface area contributed by atoms with E-state index >= 15 is 0 Å². The van der Waals surface area contributed by atoms with Crippen molar-refractivity contribution < 1.29 is 49.1 Å². The lowest BCUT2D eigenvalue weighted by molar-refractivity contribution is -0.385. The highest BCUT2D eigenvalue weighted by Gasteiger charge is 2.32. The Labute approximate surface area is 854 Å². The minimum absolute atomic E-state index is 0.0627. The molecule has 0 saturated carbocycles. The average molecular weight is 2170 g/mol. The molecule has 47 heteroatoms. The zero-order valence-corrected chi connectivity index (χ0v) is 86.4. The number of nitrogens with zero attached hydrogens (tertiary/aromatic N) is 10. The number of ether oxygens (including phenoxy) is 3. The molecule has 0 N–H and O–H groups in total. The van der Waals surface area contributed by atoms with E-state index in [0.29, 0.717) is 101 Å². The molecule has 0 bridgehead atoms. The van der Waals surface area contributed by atoms with Crippen LogP contribution in [0.15, 0.2) is 226 Å². The summed E-state index contributed by atoms with van der Waals surface area (Å²) in [6.45, 7) is 19.4. The van der Waals surface area contributed by atoms with Crippen LogP contribution in [0.3, 0.4) is 0 Å². The first kappa shape index (κ1) is 118. The van der Waals surface area contributed by atoms with Gasteiger partial charge in [-0.2, -0.15) is 69.5 Å². The van der Waals surface area contributed by atoms with E-state index in [0.717, 1.165) is 149 Å². The monoisotopic (exact) mass is 2170 g/mol. The van der Waals surface area contributed by atoms with Crippen LogP contribution in [0.2, 0.25) is 15.1 Å². The molecule has 5 aliphatic heterocycles. The number of non-ortho nitro benzene ring substituents is 1. The van der Waals surface area contributed by atoms with Gasteiger partial charge in [-0.1, -0.05) is 64.4 Å². The molecule has 5 aliphatic rings. The summed E-state index contributed by atoms with van der Waals surface area (Å²) in [5.74, 6) is 11.5. The van der Waals surface area contributed by atoms with Crippen molar-refractivity contribution >= 4 is 179 Å². The van der Waals surface area contributed by atoms with Crippen molar-refractivity contribution in [3.63, 3.8) is 0 Å². The lowest BCUT2D eigenvalue weighted by Crippen LogP contribution is -2.36. The number of halogens is 6. The number of alkyl halides is 3. The zero-order valence-electron chi connectivity index (χ0n) is 74.4. The number of nitriles is 4. The van der Waals surface area contributed by atoms with Crippen LogP contribution < -0.4 is 14.2 Å². The van der Waals surface area contributed by atoms with Crippen LogP contribution in [0.25, 0.3) is 0 Å². The predicted molar refractivity (Wildman–Crippen MR) is 557 cm³/mol. The van der Waals surface area contributed by atoms with Gasteiger partial charge in [-0.25, -0.2) is 38.4 Å². The van der Waals surface area contributed by atoms with E-state index in [1.165, 1.54) is 46.8 Å². The minimum Gasteiger partial charge on any atom is -0.456 e. The number of rotatable bonds is 21. The Balaban J connectivity index is 0.000000259. The molecule has 0 aromatic heterocycles. The summed E-state index contributed by atoms with van der Waals surface area (Å²) >= 11 is 34.8. The van der Waals surface area contributed by atoms with Crippen LogP contribution in [-0.4, -0.2) is 166 Å². The van der Waals surface area contributed by atoms with E-state index in [2.05, 4.69) is 63.2 Å². The van der Waals surface area contributed by atoms with Crippen molar-refractivity contribution in [2.24, 2.45) is 0 Å². The minimum atomic E-state index is -4.43. The summed E-state index contributed by atoms with van der Waals surface area (Å²) in [5.41, 5.74) is 7.67. The molecule has 10 aromatic carbocycles. The van der Waals surface area contributed by atoms with Gasteiger partial charge in [-0.05, 0) is 298 Å². The van der Waals surface area contributed by atoms with Gasteiger partial charge in [-0.15, -0.1) is 0 Å². The SMILES string of the molecule is Cc1cc(C)cc(Oc2ccc(C#N)cc2SN2CCSCC2)c1.Cc1cc(Cl)cc(Oc2ccc(C#N)cc2SN2CCS(=O)(=O)CC2)c1.Cc1cc(Cl)cc(Oc2ccc(C#N)cc2SN2CCSCC2)c1.Cc1cc(Cl)cc(Sc2ccc([N+](=O)[O-])cc2SN2CCSCC2)c1.Cc1cc(Sc2ccc(C#N)cc2SN2CCS(=O)(=O)CC2)cc(C(F)(F)F)c1.O=O.O=O.O=O.O=O.O=O. The second kappa shape index (κ2) is 60.8. The van der Waals surface area contributed by atoms with Crippen molar-refractivity contribution in [1.29, 1.82) is 21.0 Å². The van der Waals surface area contributed by atoms with Gasteiger partial charge in [0.25, 0.3) is 5.69 Å². The summed E-state index contributed by atoms with van der Waals surface area (Å²) in [6.07, 6.45) is -4.43. The first-order chi connectivity index (χ1) is 66.2. The maximum atomic E-state index is 13.1. The van der Waals surface area contributed by atoms with Crippen LogP contribution in [0.4, 0.5) is 18.9 Å². The number of hydrogen-bond acceptors (Lipinski definition) is 38. The van der Waals surface area contributed by atoms with Gasteiger partial charge in [0.2, 0.25) is 0 Å². The number of thioether (sulfide) groups is 3. The van der Waals surface area contributed by atoms with Gasteiger partial charge in [0, 0.05) is 206 Å². The van der Waals surface area contributed by atoms with E-state index < -0.39 is 31.4 Å². The zero-order chi connectivity index (χ0) is 102. The molecule has 5 fully saturated rings. The smallest absolute Gasteiger partial charge is 0.416 e. The van der Waals surface area contributed by atoms with Crippen molar-refractivity contribution in [1.82, 2.24) is 21.5 Å². The fourth-order valence-electron chi connectivity index (χ4n) is 12.8. The van der Waals surface area contributed by atoms with E-state index in [1.807, 2.05) is 150 Å². The van der Waals surface area contributed by atoms with Gasteiger partial charge < -0.3 is 14.2 Å². The molecule has 15 rings (SSSR count). The van der Waals surface area contributed by atoms with E-state index in [-0.39, 0.29) is 33.6 Å². The van der Waals surface area contributed by atoms with Crippen LogP contribution >= 0.6 is 153 Å². The molecule has 730 valence electrons. The van der Waals surface area contributed by atoms with Crippen LogP contribution in [0, 0.1) is 147 Å². The molecular formula is C91H88Cl3F3N10O19S12. The molecule has 0 amide bonds. The number of aryl methyl sites for hydroxylation is 6. The molecular weight excluding hydrogens is 2090 g/mol. The lowest BCUT2D eigenvalue weighted by atomic mass is 10.1.